The van der Waals surface area contributed by atoms with E-state index in [1.54, 1.807) is 13.0 Å². The van der Waals surface area contributed by atoms with Crippen molar-refractivity contribution >= 4 is 11.3 Å². The Balaban J connectivity index is 2.85. The molecule has 2 nitrogen and oxygen atoms in total. The summed E-state index contributed by atoms with van der Waals surface area (Å²) in [6, 6.07) is 3.99. The first-order chi connectivity index (χ1) is 7.80. The van der Waals surface area contributed by atoms with E-state index in [1.165, 1.54) is 23.6 Å². The molecule has 90 valence electrons. The van der Waals surface area contributed by atoms with Crippen molar-refractivity contribution in [3.63, 3.8) is 0 Å². The summed E-state index contributed by atoms with van der Waals surface area (Å²) in [7, 11) is 0. The normalized spacial score (nSPS) is 12.1. The van der Waals surface area contributed by atoms with E-state index in [0.29, 0.717) is 0 Å². The number of Topliss-reactive ketones (excluding diaryl/α,β-unsaturated/α-hetero) is 1. The molecule has 0 aliphatic rings. The van der Waals surface area contributed by atoms with Gasteiger partial charge in [0.15, 0.2) is 5.78 Å². The molecule has 0 saturated carbocycles. The van der Waals surface area contributed by atoms with Gasteiger partial charge in [-0.3, -0.25) is 4.79 Å². The number of hydrogen-bond donors (Lipinski definition) is 0. The van der Waals surface area contributed by atoms with Crippen LogP contribution < -0.4 is 0 Å². The average molecular weight is 241 g/mol. The van der Waals surface area contributed by atoms with Gasteiger partial charge in [0, 0.05) is 13.1 Å². The predicted molar refractivity (Wildman–Crippen MR) is 57.1 cm³/mol. The summed E-state index contributed by atoms with van der Waals surface area (Å²) < 4.78 is 39.7. The van der Waals surface area contributed by atoms with E-state index in [2.05, 4.69) is 0 Å². The quantitative estimate of drug-likeness (QED) is 0.700. The summed E-state index contributed by atoms with van der Waals surface area (Å²) in [5.74, 6) is -0.389. The molecular formula is C12H10F3NO. The molecule has 0 fully saturated rings. The van der Waals surface area contributed by atoms with Crippen molar-refractivity contribution in [1.29, 1.82) is 0 Å². The second-order valence-corrected chi connectivity index (χ2v) is 3.96. The first kappa shape index (κ1) is 11.7. The van der Waals surface area contributed by atoms with Crippen molar-refractivity contribution in [1.82, 2.24) is 4.40 Å². The van der Waals surface area contributed by atoms with Crippen LogP contribution in [0.3, 0.4) is 0 Å². The molecule has 2 rings (SSSR count). The van der Waals surface area contributed by atoms with Gasteiger partial charge in [0.25, 0.3) is 0 Å². The van der Waals surface area contributed by atoms with E-state index in [4.69, 9.17) is 0 Å². The summed E-state index contributed by atoms with van der Waals surface area (Å²) in [6.45, 7) is 2.96. The lowest BCUT2D eigenvalue weighted by molar-refractivity contribution is -0.136. The SMILES string of the molecule is CC(=O)c1cc(C(F)(F)F)c2cc(C)ccn12. The molecule has 0 aromatic carbocycles. The first-order valence-electron chi connectivity index (χ1n) is 5.00. The van der Waals surface area contributed by atoms with Crippen LogP contribution in [0.25, 0.3) is 5.52 Å². The summed E-state index contributed by atoms with van der Waals surface area (Å²) in [6.07, 6.45) is -2.97. The molecule has 0 atom stereocenters. The molecule has 2 aromatic rings. The molecule has 0 N–H and O–H groups in total. The van der Waals surface area contributed by atoms with Gasteiger partial charge in [0.1, 0.15) is 0 Å². The average Bonchev–Trinajstić information content (AvgIpc) is 2.55. The number of aryl methyl sites for hydroxylation is 1. The van der Waals surface area contributed by atoms with E-state index in [1.807, 2.05) is 0 Å². The summed E-state index contributed by atoms with van der Waals surface area (Å²) in [4.78, 5) is 11.3. The van der Waals surface area contributed by atoms with Crippen LogP contribution in [0.15, 0.2) is 24.4 Å². The van der Waals surface area contributed by atoms with Crippen molar-refractivity contribution in [3.05, 3.63) is 41.2 Å². The number of nitrogens with zero attached hydrogens (tertiary/aromatic N) is 1. The van der Waals surface area contributed by atoms with Crippen LogP contribution in [-0.2, 0) is 6.18 Å². The Morgan fingerprint density at radius 1 is 1.29 bits per heavy atom. The Kier molecular flexibility index (Phi) is 2.49. The van der Waals surface area contributed by atoms with E-state index >= 15 is 0 Å². The highest BCUT2D eigenvalue weighted by Gasteiger charge is 2.35. The summed E-state index contributed by atoms with van der Waals surface area (Å²) in [5, 5.41) is 0. The number of fused-ring (bicyclic) bond motifs is 1. The predicted octanol–water partition coefficient (Wildman–Crippen LogP) is 3.47. The monoisotopic (exact) mass is 241 g/mol. The van der Waals surface area contributed by atoms with Gasteiger partial charge in [-0.05, 0) is 30.7 Å². The Bertz CT molecular complexity index is 596. The summed E-state index contributed by atoms with van der Waals surface area (Å²) >= 11 is 0. The van der Waals surface area contributed by atoms with Gasteiger partial charge in [-0.25, -0.2) is 0 Å². The third-order valence-corrected chi connectivity index (χ3v) is 2.59. The van der Waals surface area contributed by atoms with Gasteiger partial charge in [-0.15, -0.1) is 0 Å². The van der Waals surface area contributed by atoms with Crippen LogP contribution in [0.4, 0.5) is 13.2 Å². The fourth-order valence-corrected chi connectivity index (χ4v) is 1.80. The zero-order valence-electron chi connectivity index (χ0n) is 9.30. The number of hydrogen-bond acceptors (Lipinski definition) is 1. The number of rotatable bonds is 1. The molecule has 0 unspecified atom stereocenters. The van der Waals surface area contributed by atoms with Gasteiger partial charge in [-0.2, -0.15) is 13.2 Å². The Hall–Kier alpha value is -1.78. The van der Waals surface area contributed by atoms with Crippen molar-refractivity contribution < 1.29 is 18.0 Å². The number of carbonyl (C=O) groups excluding carboxylic acids is 1. The first-order valence-corrected chi connectivity index (χ1v) is 5.00. The number of carbonyl (C=O) groups is 1. The minimum absolute atomic E-state index is 0.0164. The molecule has 2 aromatic heterocycles. The molecule has 0 spiro atoms. The standard InChI is InChI=1S/C12H10F3NO/c1-7-3-4-16-10(8(2)17)6-9(11(16)5-7)12(13,14)15/h3-6H,1-2H3. The van der Waals surface area contributed by atoms with Gasteiger partial charge < -0.3 is 4.40 Å². The van der Waals surface area contributed by atoms with Gasteiger partial charge >= 0.3 is 6.18 Å². The second-order valence-electron chi connectivity index (χ2n) is 3.96. The van der Waals surface area contributed by atoms with Crippen LogP contribution in [0, 0.1) is 6.92 Å². The lowest BCUT2D eigenvalue weighted by Crippen LogP contribution is -2.04. The van der Waals surface area contributed by atoms with E-state index in [0.717, 1.165) is 11.6 Å². The molecule has 0 aliphatic carbocycles. The molecular weight excluding hydrogens is 231 g/mol. The van der Waals surface area contributed by atoms with Gasteiger partial charge in [0.2, 0.25) is 0 Å². The molecule has 0 bridgehead atoms. The Morgan fingerprint density at radius 3 is 2.47 bits per heavy atom. The van der Waals surface area contributed by atoms with Crippen LogP contribution in [0.1, 0.15) is 28.5 Å². The third-order valence-electron chi connectivity index (χ3n) is 2.59. The summed E-state index contributed by atoms with van der Waals surface area (Å²) in [5.41, 5.74) is 0.0117. The molecule has 0 aliphatic heterocycles. The zero-order chi connectivity index (χ0) is 12.8. The zero-order valence-corrected chi connectivity index (χ0v) is 9.30. The molecule has 0 radical (unpaired) electrons. The molecule has 0 saturated heterocycles. The third kappa shape index (κ3) is 1.92. The van der Waals surface area contributed by atoms with Crippen LogP contribution in [0.2, 0.25) is 0 Å². The van der Waals surface area contributed by atoms with E-state index in [9.17, 15) is 18.0 Å². The maximum Gasteiger partial charge on any atom is 0.418 e. The maximum atomic E-state index is 12.8. The lowest BCUT2D eigenvalue weighted by Gasteiger charge is -2.05. The molecule has 0 amide bonds. The van der Waals surface area contributed by atoms with Crippen LogP contribution >= 0.6 is 0 Å². The second kappa shape index (κ2) is 3.61. The highest BCUT2D eigenvalue weighted by Crippen LogP contribution is 2.34. The minimum Gasteiger partial charge on any atom is -0.313 e. The van der Waals surface area contributed by atoms with Crippen molar-refractivity contribution in [3.8, 4) is 0 Å². The van der Waals surface area contributed by atoms with Crippen molar-refractivity contribution in [2.24, 2.45) is 0 Å². The molecule has 2 heterocycles. The highest BCUT2D eigenvalue weighted by molar-refractivity contribution is 5.94. The number of pyridine rings is 1. The van der Waals surface area contributed by atoms with E-state index < -0.39 is 11.7 Å². The number of halogens is 3. The van der Waals surface area contributed by atoms with Gasteiger partial charge in [0.05, 0.1) is 16.8 Å². The van der Waals surface area contributed by atoms with Crippen molar-refractivity contribution in [2.75, 3.05) is 0 Å². The fraction of sp³-hybridized carbons (Fsp3) is 0.250. The largest absolute Gasteiger partial charge is 0.418 e. The Morgan fingerprint density at radius 2 is 1.94 bits per heavy atom. The topological polar surface area (TPSA) is 21.5 Å². The minimum atomic E-state index is -4.45. The number of aromatic nitrogens is 1. The lowest BCUT2D eigenvalue weighted by atomic mass is 10.2. The van der Waals surface area contributed by atoms with Crippen molar-refractivity contribution in [2.45, 2.75) is 20.0 Å². The Labute approximate surface area is 95.7 Å². The molecule has 17 heavy (non-hydrogen) atoms. The maximum absolute atomic E-state index is 12.8. The van der Waals surface area contributed by atoms with Crippen LogP contribution in [-0.4, -0.2) is 10.2 Å². The van der Waals surface area contributed by atoms with Crippen LogP contribution in [0.5, 0.6) is 0 Å². The molecule has 5 heteroatoms. The van der Waals surface area contributed by atoms with E-state index in [-0.39, 0.29) is 17.0 Å². The number of alkyl halides is 3. The highest BCUT2D eigenvalue weighted by atomic mass is 19.4. The van der Waals surface area contributed by atoms with Gasteiger partial charge in [-0.1, -0.05) is 0 Å². The number of ketones is 1. The smallest absolute Gasteiger partial charge is 0.313 e. The fourth-order valence-electron chi connectivity index (χ4n) is 1.80.